The molecule has 4 nitrogen and oxygen atoms in total. The number of ether oxygens (including phenoxy) is 1. The Morgan fingerprint density at radius 2 is 2.00 bits per heavy atom. The summed E-state index contributed by atoms with van der Waals surface area (Å²) in [5.41, 5.74) is 5.17. The van der Waals surface area contributed by atoms with Gasteiger partial charge in [-0.25, -0.2) is 8.78 Å². The van der Waals surface area contributed by atoms with E-state index in [1.165, 1.54) is 0 Å². The van der Waals surface area contributed by atoms with Crippen LogP contribution in [0.15, 0.2) is 18.2 Å². The van der Waals surface area contributed by atoms with Crippen LogP contribution in [0.2, 0.25) is 0 Å². The Bertz CT molecular complexity index is 393. The van der Waals surface area contributed by atoms with Gasteiger partial charge >= 0.3 is 0 Å². The highest BCUT2D eigenvalue weighted by Gasteiger charge is 2.15. The van der Waals surface area contributed by atoms with Gasteiger partial charge in [0.25, 0.3) is 0 Å². The molecule has 100 valence electrons. The normalized spacial score (nSPS) is 12.2. The molecule has 0 fully saturated rings. The fourth-order valence-corrected chi connectivity index (χ4v) is 1.35. The van der Waals surface area contributed by atoms with Crippen LogP contribution in [0.1, 0.15) is 13.3 Å². The van der Waals surface area contributed by atoms with Gasteiger partial charge < -0.3 is 15.8 Å². The van der Waals surface area contributed by atoms with Gasteiger partial charge in [0.2, 0.25) is 5.91 Å². The van der Waals surface area contributed by atoms with Gasteiger partial charge in [0.1, 0.15) is 30.0 Å². The molecule has 0 heterocycles. The molecule has 1 atom stereocenters. The number of halogens is 2. The first-order valence-corrected chi connectivity index (χ1v) is 5.64. The second kappa shape index (κ2) is 6.90. The van der Waals surface area contributed by atoms with E-state index in [2.05, 4.69) is 5.32 Å². The molecular formula is C12H16F2N2O2. The van der Waals surface area contributed by atoms with Gasteiger partial charge in [-0.3, -0.25) is 4.79 Å². The number of rotatable bonds is 7. The number of primary amides is 1. The summed E-state index contributed by atoms with van der Waals surface area (Å²) in [6.45, 7) is 2.47. The highest BCUT2D eigenvalue weighted by atomic mass is 19.1. The summed E-state index contributed by atoms with van der Waals surface area (Å²) in [5, 5.41) is 2.88. The van der Waals surface area contributed by atoms with Crippen molar-refractivity contribution in [2.75, 3.05) is 13.2 Å². The molecule has 1 unspecified atom stereocenters. The second-order valence-electron chi connectivity index (χ2n) is 3.83. The van der Waals surface area contributed by atoms with Gasteiger partial charge in [-0.15, -0.1) is 0 Å². The molecule has 0 saturated heterocycles. The molecule has 0 aromatic heterocycles. The molecule has 0 spiro atoms. The second-order valence-corrected chi connectivity index (χ2v) is 3.83. The molecule has 0 saturated carbocycles. The SMILES string of the molecule is CCCNC(COc1cc(F)cc(F)c1)C(N)=O. The lowest BCUT2D eigenvalue weighted by molar-refractivity contribution is -0.120. The maximum Gasteiger partial charge on any atom is 0.238 e. The van der Waals surface area contributed by atoms with E-state index >= 15 is 0 Å². The minimum absolute atomic E-state index is 0.0250. The first-order valence-electron chi connectivity index (χ1n) is 5.64. The van der Waals surface area contributed by atoms with Crippen LogP contribution in [0, 0.1) is 11.6 Å². The van der Waals surface area contributed by atoms with E-state index in [1.54, 1.807) is 0 Å². The predicted octanol–water partition coefficient (Wildman–Crippen LogP) is 1.20. The van der Waals surface area contributed by atoms with E-state index in [1.807, 2.05) is 6.92 Å². The highest BCUT2D eigenvalue weighted by molar-refractivity contribution is 5.80. The molecule has 6 heteroatoms. The number of hydrogen-bond acceptors (Lipinski definition) is 3. The lowest BCUT2D eigenvalue weighted by Gasteiger charge is -2.15. The summed E-state index contributed by atoms with van der Waals surface area (Å²) in [7, 11) is 0. The van der Waals surface area contributed by atoms with Crippen LogP contribution in [-0.2, 0) is 4.79 Å². The van der Waals surface area contributed by atoms with Crippen molar-refractivity contribution >= 4 is 5.91 Å². The minimum atomic E-state index is -0.734. The van der Waals surface area contributed by atoms with Gasteiger partial charge in [0, 0.05) is 18.2 Å². The van der Waals surface area contributed by atoms with Crippen molar-refractivity contribution in [1.82, 2.24) is 5.32 Å². The fourth-order valence-electron chi connectivity index (χ4n) is 1.35. The molecule has 0 aliphatic heterocycles. The van der Waals surface area contributed by atoms with Crippen molar-refractivity contribution in [1.29, 1.82) is 0 Å². The monoisotopic (exact) mass is 258 g/mol. The van der Waals surface area contributed by atoms with Crippen LogP contribution in [0.5, 0.6) is 5.75 Å². The number of nitrogens with two attached hydrogens (primary N) is 1. The summed E-state index contributed by atoms with van der Waals surface area (Å²) in [5.74, 6) is -2.01. The zero-order valence-corrected chi connectivity index (χ0v) is 10.1. The molecule has 1 aromatic rings. The number of carbonyl (C=O) groups excluding carboxylic acids is 1. The average molecular weight is 258 g/mol. The van der Waals surface area contributed by atoms with Crippen LogP contribution in [0.4, 0.5) is 8.78 Å². The van der Waals surface area contributed by atoms with Crippen molar-refractivity contribution in [3.63, 3.8) is 0 Å². The molecule has 18 heavy (non-hydrogen) atoms. The maximum atomic E-state index is 12.9. The zero-order chi connectivity index (χ0) is 13.5. The Hall–Kier alpha value is -1.69. The largest absolute Gasteiger partial charge is 0.491 e. The maximum absolute atomic E-state index is 12.9. The van der Waals surface area contributed by atoms with Gasteiger partial charge in [0.05, 0.1) is 0 Å². The van der Waals surface area contributed by atoms with E-state index in [4.69, 9.17) is 10.5 Å². The Balaban J connectivity index is 2.58. The van der Waals surface area contributed by atoms with Gasteiger partial charge in [-0.05, 0) is 13.0 Å². The molecule has 1 rings (SSSR count). The quantitative estimate of drug-likeness (QED) is 0.772. The summed E-state index contributed by atoms with van der Waals surface area (Å²) in [4.78, 5) is 11.1. The van der Waals surface area contributed by atoms with E-state index in [9.17, 15) is 13.6 Å². The molecule has 1 amide bonds. The fraction of sp³-hybridized carbons (Fsp3) is 0.417. The van der Waals surface area contributed by atoms with Crippen molar-refractivity contribution in [3.05, 3.63) is 29.8 Å². The molecule has 1 aromatic carbocycles. The summed E-state index contributed by atoms with van der Waals surface area (Å²) in [6, 6.07) is 2.15. The topological polar surface area (TPSA) is 64.3 Å². The van der Waals surface area contributed by atoms with Crippen LogP contribution < -0.4 is 15.8 Å². The van der Waals surface area contributed by atoms with Crippen LogP contribution in [0.25, 0.3) is 0 Å². The summed E-state index contributed by atoms with van der Waals surface area (Å²) < 4.78 is 30.9. The lowest BCUT2D eigenvalue weighted by atomic mass is 10.3. The smallest absolute Gasteiger partial charge is 0.238 e. The van der Waals surface area contributed by atoms with Gasteiger partial charge in [-0.2, -0.15) is 0 Å². The number of hydrogen-bond donors (Lipinski definition) is 2. The average Bonchev–Trinajstić information content (AvgIpc) is 2.27. The van der Waals surface area contributed by atoms with E-state index in [-0.39, 0.29) is 12.4 Å². The van der Waals surface area contributed by atoms with Gasteiger partial charge in [-0.1, -0.05) is 6.92 Å². The Morgan fingerprint density at radius 3 is 2.50 bits per heavy atom. The third-order valence-electron chi connectivity index (χ3n) is 2.24. The van der Waals surface area contributed by atoms with Crippen LogP contribution in [-0.4, -0.2) is 25.1 Å². The third-order valence-corrected chi connectivity index (χ3v) is 2.24. The number of nitrogens with one attached hydrogen (secondary N) is 1. The van der Waals surface area contributed by atoms with Crippen LogP contribution >= 0.6 is 0 Å². The number of benzene rings is 1. The van der Waals surface area contributed by atoms with Crippen molar-refractivity contribution in [2.45, 2.75) is 19.4 Å². The minimum Gasteiger partial charge on any atom is -0.491 e. The Kier molecular flexibility index (Phi) is 5.51. The van der Waals surface area contributed by atoms with Crippen molar-refractivity contribution in [2.24, 2.45) is 5.73 Å². The van der Waals surface area contributed by atoms with Crippen molar-refractivity contribution < 1.29 is 18.3 Å². The third kappa shape index (κ3) is 4.67. The van der Waals surface area contributed by atoms with Crippen LogP contribution in [0.3, 0.4) is 0 Å². The van der Waals surface area contributed by atoms with E-state index in [0.717, 1.165) is 24.6 Å². The first kappa shape index (κ1) is 14.4. The molecule has 0 radical (unpaired) electrons. The summed E-state index contributed by atoms with van der Waals surface area (Å²) >= 11 is 0. The number of amides is 1. The molecule has 0 aliphatic rings. The van der Waals surface area contributed by atoms with Gasteiger partial charge in [0.15, 0.2) is 0 Å². The van der Waals surface area contributed by atoms with Crippen molar-refractivity contribution in [3.8, 4) is 5.75 Å². The predicted molar refractivity (Wildman–Crippen MR) is 63.1 cm³/mol. The molecule has 0 aliphatic carbocycles. The Labute approximate surface area is 104 Å². The molecule has 3 N–H and O–H groups in total. The molecule has 0 bridgehead atoms. The molecular weight excluding hydrogens is 242 g/mol. The zero-order valence-electron chi connectivity index (χ0n) is 10.1. The Morgan fingerprint density at radius 1 is 1.39 bits per heavy atom. The highest BCUT2D eigenvalue weighted by Crippen LogP contribution is 2.15. The summed E-state index contributed by atoms with van der Waals surface area (Å²) in [6.07, 6.45) is 0.832. The first-order chi connectivity index (χ1) is 8.52. The lowest BCUT2D eigenvalue weighted by Crippen LogP contribution is -2.45. The van der Waals surface area contributed by atoms with E-state index < -0.39 is 23.6 Å². The van der Waals surface area contributed by atoms with E-state index in [0.29, 0.717) is 6.54 Å². The number of carbonyl (C=O) groups is 1. The standard InChI is InChI=1S/C12H16F2N2O2/c1-2-3-16-11(12(15)17)7-18-10-5-8(13)4-9(14)6-10/h4-6,11,16H,2-3,7H2,1H3,(H2,15,17).